The number of nitrogens with zero attached hydrogens (tertiary/aromatic N) is 4. The smallest absolute Gasteiger partial charge is 0.165 e. The fraction of sp³-hybridized carbons (Fsp3) is 0.300. The van der Waals surface area contributed by atoms with Crippen LogP contribution in [-0.4, -0.2) is 19.7 Å². The van der Waals surface area contributed by atoms with Crippen molar-refractivity contribution < 1.29 is 0 Å². The van der Waals surface area contributed by atoms with Gasteiger partial charge in [0.05, 0.1) is 20.5 Å². The van der Waals surface area contributed by atoms with Crippen molar-refractivity contribution in [3.63, 3.8) is 0 Å². The van der Waals surface area contributed by atoms with Crippen molar-refractivity contribution in [2.75, 3.05) is 5.73 Å². The van der Waals surface area contributed by atoms with Crippen LogP contribution in [0.1, 0.15) is 11.4 Å². The Bertz CT molecular complexity index is 523. The topological polar surface area (TPSA) is 69.6 Å². The van der Waals surface area contributed by atoms with Gasteiger partial charge < -0.3 is 5.73 Å². The Morgan fingerprint density at radius 2 is 1.94 bits per heavy atom. The summed E-state index contributed by atoms with van der Waals surface area (Å²) in [7, 11) is 1.87. The highest BCUT2D eigenvalue weighted by Gasteiger charge is 2.12. The van der Waals surface area contributed by atoms with Crippen LogP contribution >= 0.6 is 22.6 Å². The molecule has 0 saturated carbocycles. The van der Waals surface area contributed by atoms with Crippen LogP contribution in [0.3, 0.4) is 0 Å². The summed E-state index contributed by atoms with van der Waals surface area (Å²) in [6, 6.07) is 0. The normalized spacial score (nSPS) is 10.8. The summed E-state index contributed by atoms with van der Waals surface area (Å²) in [6.07, 6.45) is 1.90. The van der Waals surface area contributed by atoms with Gasteiger partial charge >= 0.3 is 0 Å². The van der Waals surface area contributed by atoms with E-state index in [1.54, 1.807) is 4.68 Å². The lowest BCUT2D eigenvalue weighted by Crippen LogP contribution is -2.02. The van der Waals surface area contributed by atoms with Gasteiger partial charge in [0.2, 0.25) is 0 Å². The number of nitrogens with two attached hydrogens (primary N) is 1. The van der Waals surface area contributed by atoms with Crippen LogP contribution in [0.25, 0.3) is 11.4 Å². The van der Waals surface area contributed by atoms with E-state index in [-0.39, 0.29) is 0 Å². The largest absolute Gasteiger partial charge is 0.383 e. The maximum atomic E-state index is 5.83. The molecule has 0 aliphatic heterocycles. The van der Waals surface area contributed by atoms with E-state index in [1.165, 1.54) is 0 Å². The van der Waals surface area contributed by atoms with Crippen molar-refractivity contribution in [3.05, 3.63) is 21.2 Å². The predicted octanol–water partition coefficient (Wildman–Crippen LogP) is 1.68. The summed E-state index contributed by atoms with van der Waals surface area (Å²) in [6.45, 7) is 3.86. The fourth-order valence-electron chi connectivity index (χ4n) is 1.52. The van der Waals surface area contributed by atoms with Crippen LogP contribution in [0, 0.1) is 17.4 Å². The molecule has 0 unspecified atom stereocenters. The van der Waals surface area contributed by atoms with Gasteiger partial charge in [0.25, 0.3) is 0 Å². The Kier molecular flexibility index (Phi) is 2.83. The van der Waals surface area contributed by atoms with Crippen LogP contribution in [-0.2, 0) is 7.05 Å². The lowest BCUT2D eigenvalue weighted by molar-refractivity contribution is 0.756. The summed E-state index contributed by atoms with van der Waals surface area (Å²) in [5, 5.41) is 4.26. The van der Waals surface area contributed by atoms with Crippen molar-refractivity contribution >= 4 is 28.4 Å². The molecule has 0 aliphatic carbocycles. The minimum absolute atomic E-state index is 0.520. The Balaban J connectivity index is 2.61. The molecule has 16 heavy (non-hydrogen) atoms. The van der Waals surface area contributed by atoms with E-state index < -0.39 is 0 Å². The molecule has 0 aliphatic rings. The van der Waals surface area contributed by atoms with E-state index in [1.807, 2.05) is 27.1 Å². The van der Waals surface area contributed by atoms with Gasteiger partial charge in [-0.2, -0.15) is 5.10 Å². The molecule has 84 valence electrons. The molecule has 0 atom stereocenters. The van der Waals surface area contributed by atoms with Gasteiger partial charge in [0, 0.05) is 13.2 Å². The molecule has 0 bridgehead atoms. The molecule has 2 rings (SSSR count). The molecule has 6 heteroatoms. The molecule has 0 amide bonds. The second-order valence-corrected chi connectivity index (χ2v) is 4.71. The zero-order chi connectivity index (χ0) is 11.9. The summed E-state index contributed by atoms with van der Waals surface area (Å²) < 4.78 is 2.65. The summed E-state index contributed by atoms with van der Waals surface area (Å²) in [5.41, 5.74) is 8.55. The van der Waals surface area contributed by atoms with Gasteiger partial charge in [0.15, 0.2) is 5.82 Å². The molecule has 2 N–H and O–H groups in total. The zero-order valence-electron chi connectivity index (χ0n) is 9.32. The fourth-order valence-corrected chi connectivity index (χ4v) is 1.76. The second-order valence-electron chi connectivity index (χ2n) is 3.63. The minimum Gasteiger partial charge on any atom is -0.383 e. The molecule has 0 spiro atoms. The van der Waals surface area contributed by atoms with Gasteiger partial charge in [-0.3, -0.25) is 4.68 Å². The molecular weight excluding hydrogens is 317 g/mol. The molecule has 0 radical (unpaired) electrons. The number of nitrogen functional groups attached to an aromatic ring is 1. The van der Waals surface area contributed by atoms with E-state index in [0.29, 0.717) is 11.6 Å². The third kappa shape index (κ3) is 1.89. The molecule has 0 fully saturated rings. The zero-order valence-corrected chi connectivity index (χ0v) is 11.5. The number of hydrogen-bond acceptors (Lipinski definition) is 4. The average Bonchev–Trinajstić information content (AvgIpc) is 2.53. The molecule has 2 aromatic heterocycles. The second kappa shape index (κ2) is 4.00. The van der Waals surface area contributed by atoms with E-state index in [9.17, 15) is 0 Å². The molecule has 2 heterocycles. The van der Waals surface area contributed by atoms with Crippen LogP contribution in [0.5, 0.6) is 0 Å². The highest BCUT2D eigenvalue weighted by atomic mass is 127. The summed E-state index contributed by atoms with van der Waals surface area (Å²) in [4.78, 5) is 8.71. The number of rotatable bonds is 1. The Morgan fingerprint density at radius 3 is 2.44 bits per heavy atom. The van der Waals surface area contributed by atoms with Crippen molar-refractivity contribution in [2.24, 2.45) is 7.05 Å². The summed E-state index contributed by atoms with van der Waals surface area (Å²) >= 11 is 2.15. The maximum Gasteiger partial charge on any atom is 0.165 e. The quantitative estimate of drug-likeness (QED) is 0.808. The van der Waals surface area contributed by atoms with Crippen LogP contribution in [0.15, 0.2) is 6.20 Å². The van der Waals surface area contributed by atoms with E-state index in [2.05, 4.69) is 37.7 Å². The Morgan fingerprint density at radius 1 is 1.25 bits per heavy atom. The van der Waals surface area contributed by atoms with Crippen molar-refractivity contribution in [3.8, 4) is 11.4 Å². The number of hydrogen-bond donors (Lipinski definition) is 1. The predicted molar refractivity (Wildman–Crippen MR) is 70.8 cm³/mol. The SMILES string of the molecule is Cc1nn(C)cc1-c1nc(C)c(I)c(N)n1. The highest BCUT2D eigenvalue weighted by molar-refractivity contribution is 14.1. The van der Waals surface area contributed by atoms with Crippen LogP contribution in [0.2, 0.25) is 0 Å². The highest BCUT2D eigenvalue weighted by Crippen LogP contribution is 2.23. The van der Waals surface area contributed by atoms with Gasteiger partial charge in [-0.05, 0) is 36.4 Å². The lowest BCUT2D eigenvalue weighted by atomic mass is 10.2. The van der Waals surface area contributed by atoms with Gasteiger partial charge in [-0.25, -0.2) is 9.97 Å². The summed E-state index contributed by atoms with van der Waals surface area (Å²) in [5.74, 6) is 1.16. The van der Waals surface area contributed by atoms with E-state index >= 15 is 0 Å². The Hall–Kier alpha value is -1.18. The van der Waals surface area contributed by atoms with Gasteiger partial charge in [-0.15, -0.1) is 0 Å². The van der Waals surface area contributed by atoms with Gasteiger partial charge in [-0.1, -0.05) is 0 Å². The minimum atomic E-state index is 0.520. The molecule has 0 saturated heterocycles. The van der Waals surface area contributed by atoms with E-state index in [4.69, 9.17) is 5.73 Å². The maximum absolute atomic E-state index is 5.83. The molecule has 0 aromatic carbocycles. The van der Waals surface area contributed by atoms with Crippen LogP contribution in [0.4, 0.5) is 5.82 Å². The third-order valence-electron chi connectivity index (χ3n) is 2.30. The van der Waals surface area contributed by atoms with Gasteiger partial charge in [0.1, 0.15) is 5.82 Å². The first kappa shape index (κ1) is 11.3. The third-order valence-corrected chi connectivity index (χ3v) is 3.63. The monoisotopic (exact) mass is 329 g/mol. The number of aryl methyl sites for hydroxylation is 3. The number of aromatic nitrogens is 4. The standard InChI is InChI=1S/C10H12IN5/c1-5-7(4-16(3)15-5)10-13-6(2)8(11)9(12)14-10/h4H,1-3H3,(H2,12,13,14). The Labute approximate surface area is 107 Å². The first-order valence-electron chi connectivity index (χ1n) is 4.79. The van der Waals surface area contributed by atoms with Crippen molar-refractivity contribution in [1.82, 2.24) is 19.7 Å². The number of halogens is 1. The molecular formula is C10H12IN5. The van der Waals surface area contributed by atoms with E-state index in [0.717, 1.165) is 20.5 Å². The van der Waals surface area contributed by atoms with Crippen molar-refractivity contribution in [2.45, 2.75) is 13.8 Å². The first-order valence-corrected chi connectivity index (χ1v) is 5.87. The first-order chi connectivity index (χ1) is 7.49. The average molecular weight is 329 g/mol. The van der Waals surface area contributed by atoms with Crippen LogP contribution < -0.4 is 5.73 Å². The lowest BCUT2D eigenvalue weighted by Gasteiger charge is -2.04. The number of anilines is 1. The van der Waals surface area contributed by atoms with Crippen molar-refractivity contribution in [1.29, 1.82) is 0 Å². The molecule has 5 nitrogen and oxygen atoms in total. The molecule has 2 aromatic rings.